The van der Waals surface area contributed by atoms with Crippen LogP contribution in [0.15, 0.2) is 84.2 Å². The van der Waals surface area contributed by atoms with E-state index in [4.69, 9.17) is 11.6 Å². The van der Waals surface area contributed by atoms with E-state index in [1.807, 2.05) is 45.2 Å². The summed E-state index contributed by atoms with van der Waals surface area (Å²) < 4.78 is 4.89. The van der Waals surface area contributed by atoms with E-state index >= 15 is 0 Å². The van der Waals surface area contributed by atoms with Crippen molar-refractivity contribution in [1.29, 1.82) is 0 Å². The van der Waals surface area contributed by atoms with Gasteiger partial charge in [-0.2, -0.15) is 5.10 Å². The van der Waals surface area contributed by atoms with Crippen molar-refractivity contribution >= 4 is 29.1 Å². The van der Waals surface area contributed by atoms with E-state index in [1.165, 1.54) is 16.9 Å². The number of aromatic nitrogens is 6. The fourth-order valence-electron chi connectivity index (χ4n) is 4.72. The van der Waals surface area contributed by atoms with Crippen LogP contribution in [-0.2, 0) is 25.3 Å². The number of nitrogens with one attached hydrogen (secondary N) is 2. The fourth-order valence-corrected chi connectivity index (χ4v) is 4.92. The Labute approximate surface area is 253 Å². The standard InChI is InChI=1S/C31H31ClN8O3/c1-19(2)40-17-22(8-12-28(40)41)21-7-11-25(32)23(15-21)16-26(36-31(43)27-13-14-34-39(27)4)30(42)35-24-9-5-20(6-10-24)29-37-33-18-38(29)3/h5-15,17-19,26H,16H2,1-4H3,(H,35,42)(H,36,43). The molecule has 0 bridgehead atoms. The van der Waals surface area contributed by atoms with Gasteiger partial charge in [0.05, 0.1) is 0 Å². The maximum Gasteiger partial charge on any atom is 0.270 e. The van der Waals surface area contributed by atoms with Gasteiger partial charge in [-0.25, -0.2) is 0 Å². The third-order valence-corrected chi connectivity index (χ3v) is 7.46. The fraction of sp³-hybridized carbons (Fsp3) is 0.226. The molecule has 0 radical (unpaired) electrons. The van der Waals surface area contributed by atoms with Gasteiger partial charge in [0.1, 0.15) is 18.1 Å². The second-order valence-corrected chi connectivity index (χ2v) is 10.9. The molecule has 0 saturated carbocycles. The van der Waals surface area contributed by atoms with Gasteiger partial charge in [-0.05, 0) is 79.1 Å². The molecule has 0 aliphatic carbocycles. The molecule has 3 aromatic heterocycles. The number of anilines is 1. The van der Waals surface area contributed by atoms with Crippen molar-refractivity contribution in [3.63, 3.8) is 0 Å². The van der Waals surface area contributed by atoms with Crippen molar-refractivity contribution in [1.82, 2.24) is 34.4 Å². The van der Waals surface area contributed by atoms with Crippen LogP contribution in [0.3, 0.4) is 0 Å². The Hall–Kier alpha value is -5.03. The van der Waals surface area contributed by atoms with Gasteiger partial charge in [-0.1, -0.05) is 17.7 Å². The second-order valence-electron chi connectivity index (χ2n) is 10.5. The highest BCUT2D eigenvalue weighted by Crippen LogP contribution is 2.27. The molecule has 2 amide bonds. The first-order valence-corrected chi connectivity index (χ1v) is 14.0. The van der Waals surface area contributed by atoms with Crippen molar-refractivity contribution in [3.8, 4) is 22.5 Å². The van der Waals surface area contributed by atoms with Gasteiger partial charge in [0.15, 0.2) is 5.82 Å². The monoisotopic (exact) mass is 598 g/mol. The van der Waals surface area contributed by atoms with E-state index in [2.05, 4.69) is 25.9 Å². The number of carbonyl (C=O) groups is 2. The van der Waals surface area contributed by atoms with Crippen molar-refractivity contribution in [3.05, 3.63) is 106 Å². The molecule has 1 atom stereocenters. The van der Waals surface area contributed by atoms with Crippen molar-refractivity contribution in [2.75, 3.05) is 5.32 Å². The summed E-state index contributed by atoms with van der Waals surface area (Å²) in [5.41, 5.74) is 3.91. The first-order valence-electron chi connectivity index (χ1n) is 13.7. The molecule has 5 aromatic rings. The molecule has 5 rings (SSSR count). The topological polar surface area (TPSA) is 129 Å². The van der Waals surface area contributed by atoms with Gasteiger partial charge in [-0.3, -0.25) is 19.1 Å². The van der Waals surface area contributed by atoms with Gasteiger partial charge in [0.2, 0.25) is 5.91 Å². The lowest BCUT2D eigenvalue weighted by Gasteiger charge is -2.20. The van der Waals surface area contributed by atoms with E-state index in [0.717, 1.165) is 16.7 Å². The summed E-state index contributed by atoms with van der Waals surface area (Å²) >= 11 is 6.61. The maximum absolute atomic E-state index is 13.6. The van der Waals surface area contributed by atoms with Crippen molar-refractivity contribution in [2.45, 2.75) is 32.4 Å². The lowest BCUT2D eigenvalue weighted by Crippen LogP contribution is -2.45. The molecule has 2 N–H and O–H groups in total. The number of benzene rings is 2. The molecule has 2 aromatic carbocycles. The smallest absolute Gasteiger partial charge is 0.270 e. The van der Waals surface area contributed by atoms with Crippen LogP contribution < -0.4 is 16.2 Å². The van der Waals surface area contributed by atoms with Crippen LogP contribution in [0.25, 0.3) is 22.5 Å². The zero-order valence-electron chi connectivity index (χ0n) is 24.2. The largest absolute Gasteiger partial charge is 0.339 e. The summed E-state index contributed by atoms with van der Waals surface area (Å²) in [6.07, 6.45) is 5.04. The highest BCUT2D eigenvalue weighted by molar-refractivity contribution is 6.31. The molecule has 0 aliphatic heterocycles. The van der Waals surface area contributed by atoms with Gasteiger partial charge >= 0.3 is 0 Å². The van der Waals surface area contributed by atoms with E-state index in [1.54, 1.807) is 59.0 Å². The minimum Gasteiger partial charge on any atom is -0.339 e. The van der Waals surface area contributed by atoms with Crippen LogP contribution in [0.4, 0.5) is 5.69 Å². The number of hydrogen-bond acceptors (Lipinski definition) is 6. The Morgan fingerprint density at radius 1 is 0.953 bits per heavy atom. The van der Waals surface area contributed by atoms with Crippen LogP contribution in [0, 0.1) is 0 Å². The van der Waals surface area contributed by atoms with Gasteiger partial charge in [0, 0.05) is 61.3 Å². The molecular weight excluding hydrogens is 568 g/mol. The number of amides is 2. The first-order chi connectivity index (χ1) is 20.6. The van der Waals surface area contributed by atoms with E-state index < -0.39 is 17.9 Å². The zero-order chi connectivity index (χ0) is 30.7. The number of aryl methyl sites for hydroxylation is 2. The molecule has 0 saturated heterocycles. The van der Waals surface area contributed by atoms with Gasteiger partial charge in [0.25, 0.3) is 11.5 Å². The van der Waals surface area contributed by atoms with E-state index in [-0.39, 0.29) is 18.0 Å². The average molecular weight is 599 g/mol. The number of rotatable bonds is 9. The lowest BCUT2D eigenvalue weighted by atomic mass is 9.99. The highest BCUT2D eigenvalue weighted by Gasteiger charge is 2.25. The Morgan fingerprint density at radius 2 is 1.67 bits per heavy atom. The van der Waals surface area contributed by atoms with Crippen molar-refractivity contribution in [2.24, 2.45) is 14.1 Å². The first kappa shape index (κ1) is 29.5. The molecule has 0 spiro atoms. The molecule has 0 fully saturated rings. The number of carbonyl (C=O) groups excluding carboxylic acids is 2. The Balaban J connectivity index is 1.43. The van der Waals surface area contributed by atoms with Crippen LogP contribution in [0.1, 0.15) is 35.9 Å². The lowest BCUT2D eigenvalue weighted by molar-refractivity contribution is -0.118. The molecule has 0 aliphatic rings. The third-order valence-electron chi connectivity index (χ3n) is 7.09. The normalized spacial score (nSPS) is 11.9. The SMILES string of the molecule is CC(C)n1cc(-c2ccc(Cl)c(CC(NC(=O)c3ccnn3C)C(=O)Nc3ccc(-c4nncn4C)cc3)c2)ccc1=O. The average Bonchev–Trinajstić information content (AvgIpc) is 3.62. The Morgan fingerprint density at radius 3 is 2.33 bits per heavy atom. The third kappa shape index (κ3) is 6.57. The maximum atomic E-state index is 13.6. The predicted molar refractivity (Wildman–Crippen MR) is 165 cm³/mol. The summed E-state index contributed by atoms with van der Waals surface area (Å²) in [6.45, 7) is 3.88. The number of halogens is 1. The number of pyridine rings is 1. The summed E-state index contributed by atoms with van der Waals surface area (Å²) in [6, 6.07) is 16.6. The highest BCUT2D eigenvalue weighted by atomic mass is 35.5. The van der Waals surface area contributed by atoms with Crippen LogP contribution in [-0.4, -0.2) is 47.0 Å². The number of nitrogens with zero attached hydrogens (tertiary/aromatic N) is 6. The van der Waals surface area contributed by atoms with Crippen molar-refractivity contribution < 1.29 is 9.59 Å². The number of hydrogen-bond donors (Lipinski definition) is 2. The van der Waals surface area contributed by atoms with E-state index in [9.17, 15) is 14.4 Å². The molecule has 43 heavy (non-hydrogen) atoms. The second kappa shape index (κ2) is 12.5. The Kier molecular flexibility index (Phi) is 8.53. The van der Waals surface area contributed by atoms with E-state index in [0.29, 0.717) is 27.8 Å². The zero-order valence-corrected chi connectivity index (χ0v) is 24.9. The molecular formula is C31H31ClN8O3. The van der Waals surface area contributed by atoms with Gasteiger partial charge in [-0.15, -0.1) is 10.2 Å². The predicted octanol–water partition coefficient (Wildman–Crippen LogP) is 4.26. The van der Waals surface area contributed by atoms with Crippen LogP contribution in [0.2, 0.25) is 5.02 Å². The molecule has 3 heterocycles. The summed E-state index contributed by atoms with van der Waals surface area (Å²) in [7, 11) is 3.50. The van der Waals surface area contributed by atoms with Crippen LogP contribution >= 0.6 is 11.6 Å². The molecule has 11 nitrogen and oxygen atoms in total. The van der Waals surface area contributed by atoms with Gasteiger partial charge < -0.3 is 19.8 Å². The molecule has 12 heteroatoms. The Bertz CT molecular complexity index is 1840. The minimum absolute atomic E-state index is 0.0102. The summed E-state index contributed by atoms with van der Waals surface area (Å²) in [4.78, 5) is 39.1. The molecule has 1 unspecified atom stereocenters. The summed E-state index contributed by atoms with van der Waals surface area (Å²) in [5.74, 6) is -0.177. The summed E-state index contributed by atoms with van der Waals surface area (Å²) in [5, 5.41) is 18.3. The quantitative estimate of drug-likeness (QED) is 0.261. The minimum atomic E-state index is -0.974. The van der Waals surface area contributed by atoms with Crippen LogP contribution in [0.5, 0.6) is 0 Å². The molecule has 220 valence electrons.